The molecule has 0 aliphatic rings. The van der Waals surface area contributed by atoms with Crippen molar-refractivity contribution in [2.75, 3.05) is 5.73 Å². The van der Waals surface area contributed by atoms with Crippen LogP contribution >= 0.6 is 0 Å². The first-order chi connectivity index (χ1) is 9.69. The lowest BCUT2D eigenvalue weighted by Gasteiger charge is -2.06. The number of aryl methyl sites for hydroxylation is 1. The number of hydrogen-bond acceptors (Lipinski definition) is 5. The average Bonchev–Trinajstić information content (AvgIpc) is 2.75. The van der Waals surface area contributed by atoms with Gasteiger partial charge in [0.2, 0.25) is 5.95 Å². The number of para-hydroxylation sites is 1. The molecule has 2 heterocycles. The molecule has 0 saturated heterocycles. The van der Waals surface area contributed by atoms with E-state index in [1.165, 1.54) is 0 Å². The molecule has 20 heavy (non-hydrogen) atoms. The number of nitriles is 1. The van der Waals surface area contributed by atoms with Crippen molar-refractivity contribution in [2.45, 2.75) is 13.5 Å². The first-order valence-corrected chi connectivity index (χ1v) is 6.12. The van der Waals surface area contributed by atoms with E-state index in [2.05, 4.69) is 21.0 Å². The van der Waals surface area contributed by atoms with Gasteiger partial charge in [-0.3, -0.25) is 0 Å². The van der Waals surface area contributed by atoms with Crippen LogP contribution in [0, 0.1) is 18.3 Å². The number of nitrogens with two attached hydrogens (primary N) is 1. The van der Waals surface area contributed by atoms with Crippen LogP contribution in [0.2, 0.25) is 0 Å². The molecule has 0 unspecified atom stereocenters. The number of aromatic nitrogens is 4. The number of anilines is 1. The van der Waals surface area contributed by atoms with Crippen LogP contribution in [-0.2, 0) is 6.54 Å². The molecule has 6 heteroatoms. The molecule has 1 aromatic carbocycles. The van der Waals surface area contributed by atoms with Crippen LogP contribution in [0.5, 0.6) is 0 Å². The average molecular weight is 264 g/mol. The van der Waals surface area contributed by atoms with Gasteiger partial charge in [0.1, 0.15) is 17.4 Å². The molecule has 0 atom stereocenters. The van der Waals surface area contributed by atoms with Gasteiger partial charge < -0.3 is 10.3 Å². The minimum absolute atomic E-state index is 0.374. The maximum absolute atomic E-state index is 9.10. The third-order valence-corrected chi connectivity index (χ3v) is 3.08. The zero-order chi connectivity index (χ0) is 14.1. The first-order valence-electron chi connectivity index (χ1n) is 6.12. The van der Waals surface area contributed by atoms with E-state index in [-0.39, 0.29) is 0 Å². The van der Waals surface area contributed by atoms with E-state index in [9.17, 15) is 0 Å². The van der Waals surface area contributed by atoms with Gasteiger partial charge >= 0.3 is 0 Å². The van der Waals surface area contributed by atoms with Gasteiger partial charge in [0.05, 0.1) is 23.3 Å². The molecular formula is C14H12N6. The molecule has 0 radical (unpaired) electrons. The molecule has 3 rings (SSSR count). The Morgan fingerprint density at radius 1 is 1.30 bits per heavy atom. The molecule has 6 nitrogen and oxygen atoms in total. The highest BCUT2D eigenvalue weighted by molar-refractivity contribution is 5.84. The Labute approximate surface area is 115 Å². The van der Waals surface area contributed by atoms with Gasteiger partial charge in [0, 0.05) is 6.20 Å². The molecule has 0 aliphatic carbocycles. The van der Waals surface area contributed by atoms with E-state index in [0.717, 1.165) is 11.2 Å². The molecule has 0 bridgehead atoms. The zero-order valence-corrected chi connectivity index (χ0v) is 10.9. The molecule has 2 aromatic heterocycles. The Morgan fingerprint density at radius 3 is 2.90 bits per heavy atom. The summed E-state index contributed by atoms with van der Waals surface area (Å²) in [6.45, 7) is 2.34. The number of nitrogens with zero attached hydrogens (tertiary/aromatic N) is 5. The Hall–Kier alpha value is -2.94. The molecule has 0 fully saturated rings. The lowest BCUT2D eigenvalue weighted by Crippen LogP contribution is -2.06. The Balaban J connectivity index is 2.13. The maximum atomic E-state index is 9.10. The second-order valence-corrected chi connectivity index (χ2v) is 4.44. The molecule has 98 valence electrons. The van der Waals surface area contributed by atoms with Crippen molar-refractivity contribution >= 4 is 17.0 Å². The second kappa shape index (κ2) is 4.63. The van der Waals surface area contributed by atoms with Crippen molar-refractivity contribution in [1.82, 2.24) is 19.5 Å². The number of benzene rings is 1. The predicted octanol–water partition coefficient (Wildman–Crippen LogP) is 1.64. The van der Waals surface area contributed by atoms with E-state index in [1.807, 2.05) is 29.7 Å². The summed E-state index contributed by atoms with van der Waals surface area (Å²) in [5, 5.41) is 9.10. The molecule has 3 aromatic rings. The van der Waals surface area contributed by atoms with Gasteiger partial charge in [-0.25, -0.2) is 15.0 Å². The lowest BCUT2D eigenvalue weighted by atomic mass is 10.2. The summed E-state index contributed by atoms with van der Waals surface area (Å²) in [6.07, 6.45) is 1.72. The number of imidazole rings is 1. The summed E-state index contributed by atoms with van der Waals surface area (Å²) in [6, 6.07) is 9.42. The van der Waals surface area contributed by atoms with Crippen LogP contribution in [0.15, 0.2) is 30.5 Å². The number of fused-ring (bicyclic) bond motifs is 1. The van der Waals surface area contributed by atoms with Crippen molar-refractivity contribution in [1.29, 1.82) is 5.26 Å². The monoisotopic (exact) mass is 264 g/mol. The van der Waals surface area contributed by atoms with Gasteiger partial charge in [0.15, 0.2) is 0 Å². The SMILES string of the molecule is Cc1nccc(Cn2c(N)nc3c(C#N)cccc32)n1. The van der Waals surface area contributed by atoms with Crippen molar-refractivity contribution in [3.8, 4) is 6.07 Å². The van der Waals surface area contributed by atoms with E-state index in [0.29, 0.717) is 29.4 Å². The highest BCUT2D eigenvalue weighted by Crippen LogP contribution is 2.21. The quantitative estimate of drug-likeness (QED) is 0.759. The molecule has 0 spiro atoms. The molecule has 0 amide bonds. The Bertz CT molecular complexity index is 827. The summed E-state index contributed by atoms with van der Waals surface area (Å²) in [4.78, 5) is 12.7. The summed E-state index contributed by atoms with van der Waals surface area (Å²) in [7, 11) is 0. The minimum atomic E-state index is 0.374. The zero-order valence-electron chi connectivity index (χ0n) is 10.9. The molecule has 2 N–H and O–H groups in total. The van der Waals surface area contributed by atoms with Crippen molar-refractivity contribution in [2.24, 2.45) is 0 Å². The van der Waals surface area contributed by atoms with Gasteiger partial charge in [0.25, 0.3) is 0 Å². The Morgan fingerprint density at radius 2 is 2.15 bits per heavy atom. The van der Waals surface area contributed by atoms with Gasteiger partial charge in [-0.05, 0) is 25.1 Å². The van der Waals surface area contributed by atoms with E-state index >= 15 is 0 Å². The second-order valence-electron chi connectivity index (χ2n) is 4.44. The van der Waals surface area contributed by atoms with Gasteiger partial charge in [-0.1, -0.05) is 6.07 Å². The van der Waals surface area contributed by atoms with E-state index in [1.54, 1.807) is 12.3 Å². The topological polar surface area (TPSA) is 93.4 Å². The highest BCUT2D eigenvalue weighted by atomic mass is 15.2. The van der Waals surface area contributed by atoms with Crippen molar-refractivity contribution in [3.05, 3.63) is 47.5 Å². The number of nitrogen functional groups attached to an aromatic ring is 1. The molecular weight excluding hydrogens is 252 g/mol. The normalized spacial score (nSPS) is 10.6. The molecule has 0 aliphatic heterocycles. The fourth-order valence-corrected chi connectivity index (χ4v) is 2.18. The third-order valence-electron chi connectivity index (χ3n) is 3.08. The third kappa shape index (κ3) is 1.95. The summed E-state index contributed by atoms with van der Waals surface area (Å²) < 4.78 is 1.85. The summed E-state index contributed by atoms with van der Waals surface area (Å²) >= 11 is 0. The largest absolute Gasteiger partial charge is 0.369 e. The van der Waals surface area contributed by atoms with Crippen LogP contribution in [-0.4, -0.2) is 19.5 Å². The van der Waals surface area contributed by atoms with Crippen LogP contribution in [0.3, 0.4) is 0 Å². The standard InChI is InChI=1S/C14H12N6/c1-9-17-6-5-11(18-9)8-20-12-4-2-3-10(7-15)13(12)19-14(20)16/h2-6H,8H2,1H3,(H2,16,19). The fraction of sp³-hybridized carbons (Fsp3) is 0.143. The van der Waals surface area contributed by atoms with Crippen LogP contribution in [0.1, 0.15) is 17.1 Å². The predicted molar refractivity (Wildman–Crippen MR) is 74.7 cm³/mol. The van der Waals surface area contributed by atoms with Crippen LogP contribution in [0.25, 0.3) is 11.0 Å². The molecule has 0 saturated carbocycles. The van der Waals surface area contributed by atoms with Crippen molar-refractivity contribution in [3.63, 3.8) is 0 Å². The fourth-order valence-electron chi connectivity index (χ4n) is 2.18. The number of rotatable bonds is 2. The van der Waals surface area contributed by atoms with Gasteiger partial charge in [-0.15, -0.1) is 0 Å². The first kappa shape index (κ1) is 12.1. The lowest BCUT2D eigenvalue weighted by molar-refractivity contribution is 0.795. The Kier molecular flexibility index (Phi) is 2.80. The van der Waals surface area contributed by atoms with Gasteiger partial charge in [-0.2, -0.15) is 5.26 Å². The van der Waals surface area contributed by atoms with Crippen LogP contribution in [0.4, 0.5) is 5.95 Å². The summed E-state index contributed by atoms with van der Waals surface area (Å²) in [5.74, 6) is 1.09. The maximum Gasteiger partial charge on any atom is 0.201 e. The minimum Gasteiger partial charge on any atom is -0.369 e. The van der Waals surface area contributed by atoms with Crippen molar-refractivity contribution < 1.29 is 0 Å². The van der Waals surface area contributed by atoms with E-state index in [4.69, 9.17) is 11.0 Å². The summed E-state index contributed by atoms with van der Waals surface area (Å²) in [5.41, 5.74) is 8.79. The van der Waals surface area contributed by atoms with E-state index < -0.39 is 0 Å². The smallest absolute Gasteiger partial charge is 0.201 e. The highest BCUT2D eigenvalue weighted by Gasteiger charge is 2.12. The number of hydrogen-bond donors (Lipinski definition) is 1. The van der Waals surface area contributed by atoms with Crippen LogP contribution < -0.4 is 5.73 Å².